The van der Waals surface area contributed by atoms with Gasteiger partial charge in [0.05, 0.1) is 12.2 Å². The molecule has 3 fully saturated rings. The number of fused-ring (bicyclic) bond motifs is 2. The monoisotopic (exact) mass is 224 g/mol. The molecule has 16 heavy (non-hydrogen) atoms. The van der Waals surface area contributed by atoms with Gasteiger partial charge in [-0.1, -0.05) is 6.92 Å². The van der Waals surface area contributed by atoms with E-state index in [1.54, 1.807) is 0 Å². The van der Waals surface area contributed by atoms with E-state index in [9.17, 15) is 0 Å². The van der Waals surface area contributed by atoms with Crippen molar-refractivity contribution < 1.29 is 4.74 Å². The normalized spacial score (nSPS) is 48.8. The Balaban J connectivity index is 1.68. The van der Waals surface area contributed by atoms with Crippen molar-refractivity contribution in [2.75, 3.05) is 13.1 Å². The van der Waals surface area contributed by atoms with E-state index in [4.69, 9.17) is 4.74 Å². The molecule has 3 heterocycles. The molecule has 0 saturated carbocycles. The molecule has 0 aromatic heterocycles. The molecule has 0 spiro atoms. The molecule has 3 heteroatoms. The smallest absolute Gasteiger partial charge is 0.0736 e. The first-order valence-corrected chi connectivity index (χ1v) is 6.92. The van der Waals surface area contributed by atoms with Crippen LogP contribution >= 0.6 is 0 Å². The van der Waals surface area contributed by atoms with Crippen molar-refractivity contribution in [3.05, 3.63) is 0 Å². The van der Waals surface area contributed by atoms with Crippen molar-refractivity contribution in [1.82, 2.24) is 10.2 Å². The van der Waals surface area contributed by atoms with Gasteiger partial charge in [-0.15, -0.1) is 0 Å². The molecule has 3 aliphatic heterocycles. The molecule has 0 radical (unpaired) electrons. The van der Waals surface area contributed by atoms with Gasteiger partial charge in [0.15, 0.2) is 0 Å². The van der Waals surface area contributed by atoms with E-state index in [2.05, 4.69) is 24.1 Å². The topological polar surface area (TPSA) is 24.5 Å². The standard InChI is InChI=1S/C13H24N2O/c1-3-10-8-15(9(2)7-14-10)12-6-11-4-5-13(12)16-11/h9-14H,3-8H2,1-2H3. The summed E-state index contributed by atoms with van der Waals surface area (Å²) in [5, 5.41) is 3.63. The molecular formula is C13H24N2O. The highest BCUT2D eigenvalue weighted by Gasteiger charge is 2.45. The Morgan fingerprint density at radius 2 is 2.25 bits per heavy atom. The molecule has 5 unspecified atom stereocenters. The maximum Gasteiger partial charge on any atom is 0.0736 e. The quantitative estimate of drug-likeness (QED) is 0.767. The Hall–Kier alpha value is -0.120. The van der Waals surface area contributed by atoms with Crippen LogP contribution < -0.4 is 5.32 Å². The van der Waals surface area contributed by atoms with Gasteiger partial charge in [-0.05, 0) is 32.6 Å². The van der Waals surface area contributed by atoms with Crippen molar-refractivity contribution in [2.24, 2.45) is 0 Å². The number of rotatable bonds is 2. The molecule has 0 aromatic carbocycles. The van der Waals surface area contributed by atoms with E-state index >= 15 is 0 Å². The molecule has 5 atom stereocenters. The second-order valence-electron chi connectivity index (χ2n) is 5.74. The average molecular weight is 224 g/mol. The number of nitrogens with zero attached hydrogens (tertiary/aromatic N) is 1. The lowest BCUT2D eigenvalue weighted by molar-refractivity contribution is 0.0354. The summed E-state index contributed by atoms with van der Waals surface area (Å²) >= 11 is 0. The third-order valence-corrected chi connectivity index (χ3v) is 4.69. The Morgan fingerprint density at radius 3 is 2.88 bits per heavy atom. The third kappa shape index (κ3) is 1.79. The predicted octanol–water partition coefficient (Wildman–Crippen LogP) is 1.38. The SMILES string of the molecule is CCC1CN(C2CC3CCC2O3)C(C)CN1. The van der Waals surface area contributed by atoms with Crippen molar-refractivity contribution in [3.8, 4) is 0 Å². The molecule has 3 rings (SSSR count). The van der Waals surface area contributed by atoms with Crippen LogP contribution in [0.3, 0.4) is 0 Å². The van der Waals surface area contributed by atoms with Crippen LogP contribution in [0.25, 0.3) is 0 Å². The number of hydrogen-bond donors (Lipinski definition) is 1. The van der Waals surface area contributed by atoms with Gasteiger partial charge in [0.1, 0.15) is 0 Å². The summed E-state index contributed by atoms with van der Waals surface area (Å²) in [5.74, 6) is 0. The molecule has 92 valence electrons. The van der Waals surface area contributed by atoms with Crippen LogP contribution in [0.4, 0.5) is 0 Å². The van der Waals surface area contributed by atoms with Crippen molar-refractivity contribution in [2.45, 2.75) is 69.9 Å². The average Bonchev–Trinajstić information content (AvgIpc) is 2.91. The lowest BCUT2D eigenvalue weighted by Gasteiger charge is -2.43. The lowest BCUT2D eigenvalue weighted by Crippen LogP contribution is -2.60. The van der Waals surface area contributed by atoms with E-state index in [1.807, 2.05) is 0 Å². The van der Waals surface area contributed by atoms with Crippen LogP contribution in [0.2, 0.25) is 0 Å². The number of piperazine rings is 1. The van der Waals surface area contributed by atoms with E-state index in [0.29, 0.717) is 30.3 Å². The van der Waals surface area contributed by atoms with E-state index in [0.717, 1.165) is 6.54 Å². The fourth-order valence-electron chi connectivity index (χ4n) is 3.65. The van der Waals surface area contributed by atoms with Gasteiger partial charge in [0.25, 0.3) is 0 Å². The summed E-state index contributed by atoms with van der Waals surface area (Å²) in [6.45, 7) is 7.00. The Labute approximate surface area is 98.5 Å². The maximum absolute atomic E-state index is 5.99. The van der Waals surface area contributed by atoms with Crippen LogP contribution in [0, 0.1) is 0 Å². The van der Waals surface area contributed by atoms with Gasteiger partial charge in [-0.3, -0.25) is 4.90 Å². The summed E-state index contributed by atoms with van der Waals surface area (Å²) in [6, 6.07) is 2.08. The summed E-state index contributed by atoms with van der Waals surface area (Å²) in [5.41, 5.74) is 0. The first kappa shape index (κ1) is 11.0. The largest absolute Gasteiger partial charge is 0.373 e. The highest BCUT2D eigenvalue weighted by atomic mass is 16.5. The van der Waals surface area contributed by atoms with Gasteiger partial charge in [-0.2, -0.15) is 0 Å². The van der Waals surface area contributed by atoms with Crippen LogP contribution in [0.15, 0.2) is 0 Å². The molecule has 0 aliphatic carbocycles. The summed E-state index contributed by atoms with van der Waals surface area (Å²) in [6.07, 6.45) is 6.25. The van der Waals surface area contributed by atoms with Crippen LogP contribution in [-0.2, 0) is 4.74 Å². The van der Waals surface area contributed by atoms with Gasteiger partial charge in [0.2, 0.25) is 0 Å². The van der Waals surface area contributed by atoms with E-state index in [-0.39, 0.29) is 0 Å². The zero-order valence-corrected chi connectivity index (χ0v) is 10.5. The Kier molecular flexibility index (Phi) is 2.94. The minimum absolute atomic E-state index is 0.544. The number of hydrogen-bond acceptors (Lipinski definition) is 3. The minimum Gasteiger partial charge on any atom is -0.373 e. The number of ether oxygens (including phenoxy) is 1. The van der Waals surface area contributed by atoms with Gasteiger partial charge >= 0.3 is 0 Å². The second kappa shape index (κ2) is 4.28. The third-order valence-electron chi connectivity index (χ3n) is 4.69. The molecular weight excluding hydrogens is 200 g/mol. The molecule has 1 N–H and O–H groups in total. The van der Waals surface area contributed by atoms with Crippen LogP contribution in [0.1, 0.15) is 39.5 Å². The number of nitrogens with one attached hydrogen (secondary N) is 1. The molecule has 3 nitrogen and oxygen atoms in total. The first-order valence-electron chi connectivity index (χ1n) is 6.92. The molecule has 0 amide bonds. The molecule has 0 aromatic rings. The fourth-order valence-corrected chi connectivity index (χ4v) is 3.65. The van der Waals surface area contributed by atoms with Gasteiger partial charge in [0, 0.05) is 31.2 Å². The molecule has 3 saturated heterocycles. The Morgan fingerprint density at radius 1 is 1.38 bits per heavy atom. The first-order chi connectivity index (χ1) is 7.78. The zero-order chi connectivity index (χ0) is 11.1. The summed E-state index contributed by atoms with van der Waals surface area (Å²) in [4.78, 5) is 2.72. The second-order valence-corrected chi connectivity index (χ2v) is 5.74. The van der Waals surface area contributed by atoms with Crippen molar-refractivity contribution >= 4 is 0 Å². The molecule has 3 aliphatic rings. The van der Waals surface area contributed by atoms with Crippen molar-refractivity contribution in [1.29, 1.82) is 0 Å². The lowest BCUT2D eigenvalue weighted by atomic mass is 9.92. The van der Waals surface area contributed by atoms with Crippen LogP contribution in [0.5, 0.6) is 0 Å². The van der Waals surface area contributed by atoms with E-state index < -0.39 is 0 Å². The molecule has 2 bridgehead atoms. The maximum atomic E-state index is 5.99. The predicted molar refractivity (Wildman–Crippen MR) is 64.5 cm³/mol. The zero-order valence-electron chi connectivity index (χ0n) is 10.5. The van der Waals surface area contributed by atoms with Gasteiger partial charge < -0.3 is 10.1 Å². The van der Waals surface area contributed by atoms with Crippen LogP contribution in [-0.4, -0.2) is 48.3 Å². The summed E-state index contributed by atoms with van der Waals surface area (Å²) < 4.78 is 5.99. The van der Waals surface area contributed by atoms with E-state index in [1.165, 1.54) is 32.2 Å². The summed E-state index contributed by atoms with van der Waals surface area (Å²) in [7, 11) is 0. The minimum atomic E-state index is 0.544. The Bertz CT molecular complexity index is 258. The highest BCUT2D eigenvalue weighted by molar-refractivity contribution is 4.99. The van der Waals surface area contributed by atoms with Gasteiger partial charge in [-0.25, -0.2) is 0 Å². The fraction of sp³-hybridized carbons (Fsp3) is 1.00. The van der Waals surface area contributed by atoms with Crippen molar-refractivity contribution in [3.63, 3.8) is 0 Å². The highest BCUT2D eigenvalue weighted by Crippen LogP contribution is 2.38.